The van der Waals surface area contributed by atoms with Gasteiger partial charge in [0.2, 0.25) is 5.91 Å². The van der Waals surface area contributed by atoms with E-state index in [1.807, 2.05) is 18.2 Å². The molecule has 0 bridgehead atoms. The van der Waals surface area contributed by atoms with Crippen LogP contribution in [0.3, 0.4) is 0 Å². The number of nitrogens with one attached hydrogen (secondary N) is 1. The zero-order valence-electron chi connectivity index (χ0n) is 16.3. The number of hydrogen-bond donors (Lipinski definition) is 1. The van der Waals surface area contributed by atoms with Gasteiger partial charge in [0.1, 0.15) is 17.0 Å². The van der Waals surface area contributed by atoms with Gasteiger partial charge < -0.3 is 10.2 Å². The minimum Gasteiger partial charge on any atom is -0.356 e. The zero-order chi connectivity index (χ0) is 19.5. The third-order valence-corrected chi connectivity index (χ3v) is 6.63. The molecule has 146 valence electrons. The number of thiophene rings is 1. The van der Waals surface area contributed by atoms with Crippen LogP contribution in [0.15, 0.2) is 30.7 Å². The standard InChI is InChI=1S/C21H25N5OS/c1-14-15(2)28-21-18(14)19(24-13-25-21)26-11-7-16(8-12-26)20(27)23-10-6-17-5-3-4-9-22-17/h3-5,9,13,16H,6-8,10-12H2,1-2H3,(H,23,27). The topological polar surface area (TPSA) is 71.0 Å². The van der Waals surface area contributed by atoms with Gasteiger partial charge in [-0.2, -0.15) is 0 Å². The molecule has 1 aliphatic rings. The van der Waals surface area contributed by atoms with Crippen molar-refractivity contribution in [3.63, 3.8) is 0 Å². The fourth-order valence-electron chi connectivity index (χ4n) is 3.76. The van der Waals surface area contributed by atoms with E-state index in [9.17, 15) is 4.79 Å². The maximum atomic E-state index is 12.5. The summed E-state index contributed by atoms with van der Waals surface area (Å²) in [5, 5.41) is 4.25. The molecule has 1 fully saturated rings. The Hall–Kier alpha value is -2.54. The molecular formula is C21H25N5OS. The molecule has 0 aromatic carbocycles. The van der Waals surface area contributed by atoms with Crippen LogP contribution in [0.25, 0.3) is 10.2 Å². The van der Waals surface area contributed by atoms with Crippen molar-refractivity contribution in [2.75, 3.05) is 24.5 Å². The molecule has 0 unspecified atom stereocenters. The van der Waals surface area contributed by atoms with Crippen molar-refractivity contribution in [1.29, 1.82) is 0 Å². The molecule has 3 aromatic rings. The Balaban J connectivity index is 1.34. The number of anilines is 1. The molecule has 28 heavy (non-hydrogen) atoms. The first kappa shape index (κ1) is 18.8. The Morgan fingerprint density at radius 3 is 2.79 bits per heavy atom. The number of aromatic nitrogens is 3. The molecule has 7 heteroatoms. The van der Waals surface area contributed by atoms with Gasteiger partial charge in [-0.25, -0.2) is 9.97 Å². The molecule has 3 aromatic heterocycles. The highest BCUT2D eigenvalue weighted by molar-refractivity contribution is 7.18. The summed E-state index contributed by atoms with van der Waals surface area (Å²) in [6.07, 6.45) is 5.91. The van der Waals surface area contributed by atoms with Crippen molar-refractivity contribution >= 4 is 33.3 Å². The highest BCUT2D eigenvalue weighted by atomic mass is 32.1. The first-order valence-corrected chi connectivity index (χ1v) is 10.6. The highest BCUT2D eigenvalue weighted by Crippen LogP contribution is 2.35. The van der Waals surface area contributed by atoms with Crippen molar-refractivity contribution in [1.82, 2.24) is 20.3 Å². The number of amides is 1. The number of hydrogen-bond acceptors (Lipinski definition) is 6. The first-order chi connectivity index (χ1) is 13.6. The summed E-state index contributed by atoms with van der Waals surface area (Å²) in [4.78, 5) is 30.5. The van der Waals surface area contributed by atoms with Gasteiger partial charge in [-0.3, -0.25) is 9.78 Å². The van der Waals surface area contributed by atoms with Crippen molar-refractivity contribution in [2.45, 2.75) is 33.1 Å². The number of rotatable bonds is 5. The van der Waals surface area contributed by atoms with Crippen molar-refractivity contribution in [3.05, 3.63) is 46.9 Å². The van der Waals surface area contributed by atoms with Crippen molar-refractivity contribution < 1.29 is 4.79 Å². The van der Waals surface area contributed by atoms with Gasteiger partial charge in [0.25, 0.3) is 0 Å². The van der Waals surface area contributed by atoms with Gasteiger partial charge in [0.15, 0.2) is 0 Å². The molecule has 0 radical (unpaired) electrons. The number of piperidine rings is 1. The van der Waals surface area contributed by atoms with Crippen LogP contribution < -0.4 is 10.2 Å². The average Bonchev–Trinajstić information content (AvgIpc) is 3.03. The summed E-state index contributed by atoms with van der Waals surface area (Å²) in [6.45, 7) is 6.60. The minimum atomic E-state index is 0.0719. The molecule has 1 saturated heterocycles. The second-order valence-electron chi connectivity index (χ2n) is 7.28. The third kappa shape index (κ3) is 3.85. The van der Waals surface area contributed by atoms with E-state index in [0.29, 0.717) is 6.54 Å². The summed E-state index contributed by atoms with van der Waals surface area (Å²) in [5.41, 5.74) is 2.27. The predicted octanol–water partition coefficient (Wildman–Crippen LogP) is 3.28. The molecule has 0 aliphatic carbocycles. The van der Waals surface area contributed by atoms with E-state index in [0.717, 1.165) is 48.7 Å². The smallest absolute Gasteiger partial charge is 0.223 e. The van der Waals surface area contributed by atoms with E-state index in [4.69, 9.17) is 0 Å². The van der Waals surface area contributed by atoms with Gasteiger partial charge in [-0.1, -0.05) is 6.07 Å². The molecule has 0 atom stereocenters. The van der Waals surface area contributed by atoms with Crippen LogP contribution >= 0.6 is 11.3 Å². The first-order valence-electron chi connectivity index (χ1n) is 9.76. The third-order valence-electron chi connectivity index (χ3n) is 5.52. The van der Waals surface area contributed by atoms with Crippen LogP contribution in [0.5, 0.6) is 0 Å². The fraction of sp³-hybridized carbons (Fsp3) is 0.429. The summed E-state index contributed by atoms with van der Waals surface area (Å²) in [7, 11) is 0. The Kier molecular flexibility index (Phi) is 5.52. The number of carbonyl (C=O) groups is 1. The average molecular weight is 396 g/mol. The number of nitrogens with zero attached hydrogens (tertiary/aromatic N) is 4. The van der Waals surface area contributed by atoms with Gasteiger partial charge in [0, 0.05) is 48.7 Å². The number of pyridine rings is 1. The van der Waals surface area contributed by atoms with Crippen LogP contribution in [-0.2, 0) is 11.2 Å². The van der Waals surface area contributed by atoms with E-state index in [1.54, 1.807) is 23.9 Å². The molecule has 1 aliphatic heterocycles. The normalized spacial score (nSPS) is 15.1. The highest BCUT2D eigenvalue weighted by Gasteiger charge is 2.27. The maximum Gasteiger partial charge on any atom is 0.223 e. The molecule has 0 saturated carbocycles. The lowest BCUT2D eigenvalue weighted by molar-refractivity contribution is -0.125. The van der Waals surface area contributed by atoms with Crippen molar-refractivity contribution in [2.24, 2.45) is 5.92 Å². The van der Waals surface area contributed by atoms with Crippen LogP contribution in [0.1, 0.15) is 29.0 Å². The monoisotopic (exact) mass is 395 g/mol. The molecule has 4 rings (SSSR count). The second kappa shape index (κ2) is 8.22. The lowest BCUT2D eigenvalue weighted by Crippen LogP contribution is -2.41. The Labute approximate surface area is 169 Å². The van der Waals surface area contributed by atoms with E-state index in [1.165, 1.54) is 15.8 Å². The zero-order valence-corrected chi connectivity index (χ0v) is 17.1. The quantitative estimate of drug-likeness (QED) is 0.718. The minimum absolute atomic E-state index is 0.0719. The second-order valence-corrected chi connectivity index (χ2v) is 8.49. The van der Waals surface area contributed by atoms with E-state index >= 15 is 0 Å². The van der Waals surface area contributed by atoms with Gasteiger partial charge in [-0.05, 0) is 44.4 Å². The van der Waals surface area contributed by atoms with Gasteiger partial charge >= 0.3 is 0 Å². The largest absolute Gasteiger partial charge is 0.356 e. The Bertz CT molecular complexity index is 964. The Morgan fingerprint density at radius 2 is 2.04 bits per heavy atom. The lowest BCUT2D eigenvalue weighted by atomic mass is 9.95. The van der Waals surface area contributed by atoms with Crippen LogP contribution in [-0.4, -0.2) is 40.5 Å². The van der Waals surface area contributed by atoms with E-state index in [-0.39, 0.29) is 11.8 Å². The van der Waals surface area contributed by atoms with Crippen LogP contribution in [0.4, 0.5) is 5.82 Å². The predicted molar refractivity (Wildman–Crippen MR) is 113 cm³/mol. The summed E-state index contributed by atoms with van der Waals surface area (Å²) >= 11 is 1.72. The molecule has 0 spiro atoms. The number of fused-ring (bicyclic) bond motifs is 1. The summed E-state index contributed by atoms with van der Waals surface area (Å²) < 4.78 is 0. The molecule has 4 heterocycles. The lowest BCUT2D eigenvalue weighted by Gasteiger charge is -2.32. The number of aryl methyl sites for hydroxylation is 2. The fourth-order valence-corrected chi connectivity index (χ4v) is 4.75. The molecule has 1 amide bonds. The SMILES string of the molecule is Cc1sc2ncnc(N3CCC(C(=O)NCCc4ccccn4)CC3)c2c1C. The van der Waals surface area contributed by atoms with Gasteiger partial charge in [0.05, 0.1) is 5.39 Å². The van der Waals surface area contributed by atoms with Crippen LogP contribution in [0.2, 0.25) is 0 Å². The van der Waals surface area contributed by atoms with Crippen molar-refractivity contribution in [3.8, 4) is 0 Å². The van der Waals surface area contributed by atoms with E-state index in [2.05, 4.69) is 39.0 Å². The van der Waals surface area contributed by atoms with Gasteiger partial charge in [-0.15, -0.1) is 11.3 Å². The Morgan fingerprint density at radius 1 is 1.21 bits per heavy atom. The van der Waals surface area contributed by atoms with E-state index < -0.39 is 0 Å². The molecule has 1 N–H and O–H groups in total. The molecular weight excluding hydrogens is 370 g/mol. The molecule has 6 nitrogen and oxygen atoms in total. The number of carbonyl (C=O) groups excluding carboxylic acids is 1. The maximum absolute atomic E-state index is 12.5. The van der Waals surface area contributed by atoms with Crippen LogP contribution in [0, 0.1) is 19.8 Å². The summed E-state index contributed by atoms with van der Waals surface area (Å²) in [5.74, 6) is 1.24. The summed E-state index contributed by atoms with van der Waals surface area (Å²) in [6, 6.07) is 5.86.